The van der Waals surface area contributed by atoms with Gasteiger partial charge in [0.05, 0.1) is 20.3 Å². The molecule has 3 aromatic rings. The minimum Gasteiger partial charge on any atom is -0.497 e. The quantitative estimate of drug-likeness (QED) is 0.515. The molecular formula is C25H30N2O5. The Kier molecular flexibility index (Phi) is 7.53. The van der Waals surface area contributed by atoms with Crippen LogP contribution in [0.3, 0.4) is 0 Å². The predicted octanol–water partition coefficient (Wildman–Crippen LogP) is 3.47. The summed E-state index contributed by atoms with van der Waals surface area (Å²) in [6, 6.07) is 13.2. The van der Waals surface area contributed by atoms with E-state index in [0.717, 1.165) is 22.3 Å². The number of carbonyl (C=O) groups is 1. The van der Waals surface area contributed by atoms with E-state index in [9.17, 15) is 9.59 Å². The minimum absolute atomic E-state index is 0.00324. The van der Waals surface area contributed by atoms with E-state index in [2.05, 4.69) is 5.32 Å². The summed E-state index contributed by atoms with van der Waals surface area (Å²) in [4.78, 5) is 27.1. The van der Waals surface area contributed by atoms with Crippen molar-refractivity contribution in [3.05, 3.63) is 69.6 Å². The van der Waals surface area contributed by atoms with Crippen molar-refractivity contribution in [3.63, 3.8) is 0 Å². The largest absolute Gasteiger partial charge is 0.497 e. The number of fused-ring (bicyclic) bond motifs is 1. The smallest absolute Gasteiger partial charge is 0.339 e. The van der Waals surface area contributed by atoms with Crippen LogP contribution in [-0.4, -0.2) is 45.7 Å². The van der Waals surface area contributed by atoms with Crippen LogP contribution in [0.4, 0.5) is 0 Å². The highest BCUT2D eigenvalue weighted by Gasteiger charge is 2.17. The molecule has 1 atom stereocenters. The van der Waals surface area contributed by atoms with Crippen LogP contribution < -0.4 is 20.4 Å². The Balaban J connectivity index is 1.67. The molecule has 0 aliphatic carbocycles. The monoisotopic (exact) mass is 438 g/mol. The summed E-state index contributed by atoms with van der Waals surface area (Å²) in [5.41, 5.74) is 2.46. The lowest BCUT2D eigenvalue weighted by Crippen LogP contribution is -2.34. The summed E-state index contributed by atoms with van der Waals surface area (Å²) in [7, 11) is 7.13. The highest BCUT2D eigenvalue weighted by molar-refractivity contribution is 5.82. The molecule has 1 N–H and O–H groups in total. The van der Waals surface area contributed by atoms with E-state index >= 15 is 0 Å². The van der Waals surface area contributed by atoms with Gasteiger partial charge < -0.3 is 24.1 Å². The first kappa shape index (κ1) is 23.3. The Morgan fingerprint density at radius 2 is 1.81 bits per heavy atom. The maximum atomic E-state index is 12.6. The van der Waals surface area contributed by atoms with Gasteiger partial charge in [-0.25, -0.2) is 4.79 Å². The van der Waals surface area contributed by atoms with Gasteiger partial charge in [-0.2, -0.15) is 0 Å². The van der Waals surface area contributed by atoms with Gasteiger partial charge >= 0.3 is 5.63 Å². The van der Waals surface area contributed by atoms with E-state index in [1.165, 1.54) is 0 Å². The molecule has 0 aliphatic heterocycles. The number of hydrogen-bond acceptors (Lipinski definition) is 6. The van der Waals surface area contributed by atoms with Gasteiger partial charge in [0.1, 0.15) is 17.1 Å². The maximum Gasteiger partial charge on any atom is 0.339 e. The number of methoxy groups -OCH3 is 2. The molecule has 7 nitrogen and oxygen atoms in total. The molecule has 0 spiro atoms. The van der Waals surface area contributed by atoms with Crippen LogP contribution in [0.2, 0.25) is 0 Å². The van der Waals surface area contributed by atoms with Gasteiger partial charge in [-0.3, -0.25) is 4.79 Å². The van der Waals surface area contributed by atoms with Gasteiger partial charge in [-0.05, 0) is 62.8 Å². The van der Waals surface area contributed by atoms with Gasteiger partial charge in [-0.1, -0.05) is 12.1 Å². The second kappa shape index (κ2) is 10.3. The van der Waals surface area contributed by atoms with Gasteiger partial charge in [0.15, 0.2) is 0 Å². The maximum absolute atomic E-state index is 12.6. The van der Waals surface area contributed by atoms with Crippen LogP contribution in [0.15, 0.2) is 51.7 Å². The standard InChI is InChI=1S/C25H30N2O5/c1-16-20-10-9-19(31-5)14-23(20)32-25(29)21(16)11-12-24(28)26-15-22(27(2)3)17-7-6-8-18(13-17)30-4/h6-10,13-14,22H,11-12,15H2,1-5H3,(H,26,28). The van der Waals surface area contributed by atoms with E-state index in [4.69, 9.17) is 13.9 Å². The first-order valence-corrected chi connectivity index (χ1v) is 10.5. The molecule has 3 rings (SSSR count). The molecule has 0 radical (unpaired) electrons. The lowest BCUT2D eigenvalue weighted by atomic mass is 10.0. The summed E-state index contributed by atoms with van der Waals surface area (Å²) in [5, 5.41) is 3.83. The van der Waals surface area contributed by atoms with Crippen molar-refractivity contribution in [2.24, 2.45) is 0 Å². The average Bonchev–Trinajstić information content (AvgIpc) is 2.78. The van der Waals surface area contributed by atoms with Gasteiger partial charge in [0.25, 0.3) is 0 Å². The van der Waals surface area contributed by atoms with Crippen molar-refractivity contribution >= 4 is 16.9 Å². The fourth-order valence-electron chi connectivity index (χ4n) is 3.78. The Labute approximate surface area is 187 Å². The molecule has 7 heteroatoms. The zero-order chi connectivity index (χ0) is 23.3. The number of nitrogens with zero attached hydrogens (tertiary/aromatic N) is 1. The molecule has 2 aromatic carbocycles. The van der Waals surface area contributed by atoms with E-state index in [-0.39, 0.29) is 18.4 Å². The Morgan fingerprint density at radius 3 is 2.50 bits per heavy atom. The van der Waals surface area contributed by atoms with Crippen molar-refractivity contribution < 1.29 is 18.7 Å². The molecule has 0 saturated carbocycles. The average molecular weight is 439 g/mol. The van der Waals surface area contributed by atoms with Crippen molar-refractivity contribution in [2.45, 2.75) is 25.8 Å². The summed E-state index contributed by atoms with van der Waals surface area (Å²) in [6.45, 7) is 2.33. The molecule has 1 aromatic heterocycles. The second-order valence-electron chi connectivity index (χ2n) is 7.92. The number of carbonyl (C=O) groups excluding carboxylic acids is 1. The molecule has 1 unspecified atom stereocenters. The molecule has 32 heavy (non-hydrogen) atoms. The lowest BCUT2D eigenvalue weighted by Gasteiger charge is -2.25. The predicted molar refractivity (Wildman–Crippen MR) is 125 cm³/mol. The molecule has 170 valence electrons. The molecule has 0 fully saturated rings. The van der Waals surface area contributed by atoms with Gasteiger partial charge in [0.2, 0.25) is 5.91 Å². The first-order chi connectivity index (χ1) is 15.3. The summed E-state index contributed by atoms with van der Waals surface area (Å²) in [6.07, 6.45) is 0.513. The number of nitrogens with one attached hydrogen (secondary N) is 1. The van der Waals surface area contributed by atoms with Gasteiger partial charge in [-0.15, -0.1) is 0 Å². The highest BCUT2D eigenvalue weighted by Crippen LogP contribution is 2.25. The van der Waals surface area contributed by atoms with E-state index in [0.29, 0.717) is 29.9 Å². The third-order valence-corrected chi connectivity index (χ3v) is 5.69. The summed E-state index contributed by atoms with van der Waals surface area (Å²) in [5.74, 6) is 1.28. The molecule has 0 aliphatic rings. The van der Waals surface area contributed by atoms with Crippen LogP contribution in [-0.2, 0) is 11.2 Å². The van der Waals surface area contributed by atoms with Crippen LogP contribution in [0, 0.1) is 6.92 Å². The SMILES string of the molecule is COc1cccc(C(CNC(=O)CCc2c(C)c3ccc(OC)cc3oc2=O)N(C)C)c1. The van der Waals surface area contributed by atoms with E-state index in [1.54, 1.807) is 20.3 Å². The highest BCUT2D eigenvalue weighted by atomic mass is 16.5. The Hall–Kier alpha value is -3.32. The zero-order valence-electron chi connectivity index (χ0n) is 19.2. The van der Waals surface area contributed by atoms with Crippen molar-refractivity contribution in [1.82, 2.24) is 10.2 Å². The number of aryl methyl sites for hydroxylation is 1. The van der Waals surface area contributed by atoms with Crippen LogP contribution in [0.25, 0.3) is 11.0 Å². The second-order valence-corrected chi connectivity index (χ2v) is 7.92. The van der Waals surface area contributed by atoms with Crippen molar-refractivity contribution in [2.75, 3.05) is 34.9 Å². The van der Waals surface area contributed by atoms with Crippen LogP contribution >= 0.6 is 0 Å². The number of ether oxygens (including phenoxy) is 2. The lowest BCUT2D eigenvalue weighted by molar-refractivity contribution is -0.121. The number of hydrogen-bond donors (Lipinski definition) is 1. The topological polar surface area (TPSA) is 81.0 Å². The molecule has 1 amide bonds. The van der Waals surface area contributed by atoms with Crippen LogP contribution in [0.1, 0.15) is 29.2 Å². The first-order valence-electron chi connectivity index (χ1n) is 10.5. The van der Waals surface area contributed by atoms with E-state index in [1.807, 2.05) is 62.3 Å². The van der Waals surface area contributed by atoms with Crippen LogP contribution in [0.5, 0.6) is 11.5 Å². The molecule has 0 bridgehead atoms. The van der Waals surface area contributed by atoms with E-state index < -0.39 is 5.63 Å². The normalized spacial score (nSPS) is 12.1. The Bertz CT molecular complexity index is 1150. The third-order valence-electron chi connectivity index (χ3n) is 5.69. The van der Waals surface area contributed by atoms with Crippen molar-refractivity contribution in [1.29, 1.82) is 0 Å². The number of amides is 1. The fraction of sp³-hybridized carbons (Fsp3) is 0.360. The zero-order valence-corrected chi connectivity index (χ0v) is 19.2. The minimum atomic E-state index is -0.418. The van der Waals surface area contributed by atoms with Crippen molar-refractivity contribution in [3.8, 4) is 11.5 Å². The summed E-state index contributed by atoms with van der Waals surface area (Å²) < 4.78 is 16.0. The van der Waals surface area contributed by atoms with Gasteiger partial charge in [0, 0.05) is 30.0 Å². The fourth-order valence-corrected chi connectivity index (χ4v) is 3.78. The molecule has 0 saturated heterocycles. The number of benzene rings is 2. The summed E-state index contributed by atoms with van der Waals surface area (Å²) >= 11 is 0. The number of likely N-dealkylation sites (N-methyl/N-ethyl adjacent to an activating group) is 1. The Morgan fingerprint density at radius 1 is 1.09 bits per heavy atom. The third kappa shape index (κ3) is 5.29. The molecule has 1 heterocycles. The molecular weight excluding hydrogens is 408 g/mol. The number of rotatable bonds is 9.